The van der Waals surface area contributed by atoms with Crippen molar-refractivity contribution in [2.24, 2.45) is 5.92 Å². The fraction of sp³-hybridized carbons (Fsp3) is 0.200. The first-order valence-corrected chi connectivity index (χ1v) is 11.9. The molecule has 2 N–H and O–H groups in total. The Hall–Kier alpha value is -4.71. The predicted octanol–water partition coefficient (Wildman–Crippen LogP) is 4.90. The number of rotatable bonds is 9. The summed E-state index contributed by atoms with van der Waals surface area (Å²) in [6.45, 7) is 1.06. The van der Waals surface area contributed by atoms with Crippen molar-refractivity contribution in [1.82, 2.24) is 19.9 Å². The van der Waals surface area contributed by atoms with Crippen LogP contribution in [0.5, 0.6) is 11.5 Å². The number of aromatic nitrogens is 3. The zero-order valence-corrected chi connectivity index (χ0v) is 20.5. The lowest BCUT2D eigenvalue weighted by Gasteiger charge is -2.36. The molecule has 1 aliphatic rings. The Bertz CT molecular complexity index is 1500. The van der Waals surface area contributed by atoms with E-state index >= 15 is 0 Å². The monoisotopic (exact) mass is 536 g/mol. The van der Waals surface area contributed by atoms with Gasteiger partial charge in [0.05, 0.1) is 33.1 Å². The van der Waals surface area contributed by atoms with Crippen molar-refractivity contribution in [2.45, 2.75) is 6.61 Å². The summed E-state index contributed by atoms with van der Waals surface area (Å²) in [7, 11) is 0. The number of likely N-dealkylation sites (tertiary alicyclic amines) is 1. The fourth-order valence-electron chi connectivity index (χ4n) is 3.94. The van der Waals surface area contributed by atoms with E-state index in [0.717, 1.165) is 5.69 Å². The number of nitro groups is 1. The number of nitrogens with one attached hydrogen (secondary N) is 1. The molecule has 0 saturated carbocycles. The van der Waals surface area contributed by atoms with Gasteiger partial charge in [0.15, 0.2) is 5.75 Å². The third-order valence-corrected chi connectivity index (χ3v) is 6.21. The van der Waals surface area contributed by atoms with Crippen LogP contribution in [-0.2, 0) is 6.61 Å². The van der Waals surface area contributed by atoms with E-state index in [0.29, 0.717) is 46.3 Å². The fourth-order valence-corrected chi connectivity index (χ4v) is 4.17. The lowest BCUT2D eigenvalue weighted by molar-refractivity contribution is -0.385. The van der Waals surface area contributed by atoms with Gasteiger partial charge >= 0.3 is 11.8 Å². The van der Waals surface area contributed by atoms with E-state index in [4.69, 9.17) is 26.2 Å². The second-order valence-electron chi connectivity index (χ2n) is 8.56. The van der Waals surface area contributed by atoms with Crippen molar-refractivity contribution in [3.63, 3.8) is 0 Å². The molecule has 1 fully saturated rings. The number of ether oxygens (including phenoxy) is 2. The molecule has 0 radical (unpaired) electrons. The van der Waals surface area contributed by atoms with Crippen LogP contribution < -0.4 is 14.8 Å². The van der Waals surface area contributed by atoms with Gasteiger partial charge in [-0.3, -0.25) is 15.1 Å². The Labute approximate surface area is 221 Å². The van der Waals surface area contributed by atoms with E-state index in [1.807, 2.05) is 18.2 Å². The molecule has 38 heavy (non-hydrogen) atoms. The van der Waals surface area contributed by atoms with E-state index in [1.54, 1.807) is 24.4 Å². The van der Waals surface area contributed by atoms with Crippen LogP contribution in [0.25, 0.3) is 10.9 Å². The molecule has 194 valence electrons. The molecule has 1 aliphatic heterocycles. The molecule has 1 amide bonds. The van der Waals surface area contributed by atoms with E-state index in [2.05, 4.69) is 20.3 Å². The second kappa shape index (κ2) is 10.7. The van der Waals surface area contributed by atoms with Gasteiger partial charge in [0.1, 0.15) is 24.5 Å². The third-order valence-electron chi connectivity index (χ3n) is 5.91. The van der Waals surface area contributed by atoms with Crippen LogP contribution in [0.3, 0.4) is 0 Å². The molecule has 0 aliphatic carbocycles. The molecule has 0 spiro atoms. The molecule has 4 aromatic rings. The van der Waals surface area contributed by atoms with E-state index in [1.165, 1.54) is 23.4 Å². The van der Waals surface area contributed by atoms with Gasteiger partial charge in [-0.05, 0) is 30.3 Å². The minimum absolute atomic E-state index is 0.0373. The first kappa shape index (κ1) is 25.0. The highest BCUT2D eigenvalue weighted by atomic mass is 35.5. The molecule has 0 bridgehead atoms. The van der Waals surface area contributed by atoms with Gasteiger partial charge in [0, 0.05) is 43.0 Å². The van der Waals surface area contributed by atoms with Crippen LogP contribution in [0.2, 0.25) is 5.02 Å². The van der Waals surface area contributed by atoms with Gasteiger partial charge in [0.2, 0.25) is 0 Å². The number of hydrogen-bond donors (Lipinski definition) is 2. The van der Waals surface area contributed by atoms with Gasteiger partial charge in [-0.25, -0.2) is 14.8 Å². The number of amides is 1. The highest BCUT2D eigenvalue weighted by Crippen LogP contribution is 2.36. The lowest BCUT2D eigenvalue weighted by Crippen LogP contribution is -2.51. The summed E-state index contributed by atoms with van der Waals surface area (Å²) in [5, 5.41) is 24.7. The molecule has 13 heteroatoms. The molecule has 2 aromatic heterocycles. The lowest BCUT2D eigenvalue weighted by atomic mass is 10.0. The highest BCUT2D eigenvalue weighted by molar-refractivity contribution is 6.32. The minimum Gasteiger partial charge on any atom is -0.486 e. The molecular formula is C25H21ClN6O6. The summed E-state index contributed by atoms with van der Waals surface area (Å²) in [5.41, 5.74) is 1.54. The van der Waals surface area contributed by atoms with Crippen molar-refractivity contribution in [1.29, 1.82) is 0 Å². The maximum absolute atomic E-state index is 11.8. The number of nitro benzene ring substituents is 1. The summed E-state index contributed by atoms with van der Waals surface area (Å²) in [5.74, 6) is 0.841. The van der Waals surface area contributed by atoms with Crippen LogP contribution in [0.1, 0.15) is 5.69 Å². The number of nitrogens with zero attached hydrogens (tertiary/aromatic N) is 5. The van der Waals surface area contributed by atoms with Gasteiger partial charge in [-0.2, -0.15) is 0 Å². The Morgan fingerprint density at radius 1 is 1.13 bits per heavy atom. The number of hydrogen-bond acceptors (Lipinski definition) is 9. The van der Waals surface area contributed by atoms with E-state index in [9.17, 15) is 14.9 Å². The van der Waals surface area contributed by atoms with Crippen LogP contribution in [-0.4, -0.2) is 55.7 Å². The molecule has 2 aromatic carbocycles. The standard InChI is InChI=1S/C25H21ClN6O6/c26-19-7-16(4-5-22(19)38-13-17-3-1-2-6-27-17)30-24-18-8-21(32(35)36)23(9-20(18)28-14-29-24)37-12-15-10-31(11-15)25(33)34/h1-9,14-15H,10-13H2,(H,33,34)(H,28,29,30). The summed E-state index contributed by atoms with van der Waals surface area (Å²) < 4.78 is 11.5. The third kappa shape index (κ3) is 5.49. The van der Waals surface area contributed by atoms with Gasteiger partial charge < -0.3 is 24.8 Å². The number of benzene rings is 2. The SMILES string of the molecule is O=C(O)N1CC(COc2cc3ncnc(Nc4ccc(OCc5ccccn5)c(Cl)c4)c3cc2[N+](=O)[O-])C1. The summed E-state index contributed by atoms with van der Waals surface area (Å²) in [4.78, 5) is 36.1. The molecular weight excluding hydrogens is 516 g/mol. The average Bonchev–Trinajstić information content (AvgIpc) is 2.87. The number of anilines is 2. The minimum atomic E-state index is -0.998. The number of carbonyl (C=O) groups is 1. The maximum atomic E-state index is 11.8. The number of carboxylic acid groups (broad SMARTS) is 1. The summed E-state index contributed by atoms with van der Waals surface area (Å²) >= 11 is 6.41. The largest absolute Gasteiger partial charge is 0.486 e. The second-order valence-corrected chi connectivity index (χ2v) is 8.97. The van der Waals surface area contributed by atoms with Gasteiger partial charge in [-0.15, -0.1) is 0 Å². The summed E-state index contributed by atoms with van der Waals surface area (Å²) in [6, 6.07) is 13.5. The molecule has 1 saturated heterocycles. The Morgan fingerprint density at radius 2 is 1.97 bits per heavy atom. The van der Waals surface area contributed by atoms with Crippen molar-refractivity contribution in [3.05, 3.63) is 81.9 Å². The van der Waals surface area contributed by atoms with Gasteiger partial charge in [0.25, 0.3) is 0 Å². The maximum Gasteiger partial charge on any atom is 0.407 e. The first-order chi connectivity index (χ1) is 18.4. The topological polar surface area (TPSA) is 153 Å². The Balaban J connectivity index is 1.32. The molecule has 3 heterocycles. The average molecular weight is 537 g/mol. The zero-order chi connectivity index (χ0) is 26.6. The van der Waals surface area contributed by atoms with Crippen molar-refractivity contribution in [3.8, 4) is 11.5 Å². The zero-order valence-electron chi connectivity index (χ0n) is 19.8. The van der Waals surface area contributed by atoms with Crippen LogP contribution >= 0.6 is 11.6 Å². The van der Waals surface area contributed by atoms with Crippen molar-refractivity contribution < 1.29 is 24.3 Å². The number of halogens is 1. The van der Waals surface area contributed by atoms with E-state index < -0.39 is 11.0 Å². The number of fused-ring (bicyclic) bond motifs is 1. The first-order valence-electron chi connectivity index (χ1n) is 11.5. The normalized spacial score (nSPS) is 13.1. The quantitative estimate of drug-likeness (QED) is 0.223. The van der Waals surface area contributed by atoms with E-state index in [-0.39, 0.29) is 30.6 Å². The smallest absolute Gasteiger partial charge is 0.407 e. The van der Waals surface area contributed by atoms with Crippen LogP contribution in [0.4, 0.5) is 22.0 Å². The van der Waals surface area contributed by atoms with Crippen LogP contribution in [0.15, 0.2) is 61.1 Å². The van der Waals surface area contributed by atoms with Crippen molar-refractivity contribution in [2.75, 3.05) is 25.0 Å². The molecule has 0 unspecified atom stereocenters. The number of pyridine rings is 1. The molecule has 0 atom stereocenters. The Morgan fingerprint density at radius 3 is 2.68 bits per heavy atom. The summed E-state index contributed by atoms with van der Waals surface area (Å²) in [6.07, 6.45) is 2.02. The molecule has 12 nitrogen and oxygen atoms in total. The molecule has 5 rings (SSSR count). The van der Waals surface area contributed by atoms with Crippen LogP contribution in [0, 0.1) is 16.0 Å². The van der Waals surface area contributed by atoms with Gasteiger partial charge in [-0.1, -0.05) is 17.7 Å². The highest BCUT2D eigenvalue weighted by Gasteiger charge is 2.31. The predicted molar refractivity (Wildman–Crippen MR) is 138 cm³/mol. The Kier molecular flexibility index (Phi) is 7.05. The van der Waals surface area contributed by atoms with Crippen molar-refractivity contribution >= 4 is 45.8 Å².